The summed E-state index contributed by atoms with van der Waals surface area (Å²) < 4.78 is 25.7. The Labute approximate surface area is 115 Å². The van der Waals surface area contributed by atoms with E-state index >= 15 is 0 Å². The van der Waals surface area contributed by atoms with E-state index in [1.165, 1.54) is 18.2 Å². The Morgan fingerprint density at radius 1 is 1.40 bits per heavy atom. The zero-order valence-electron chi connectivity index (χ0n) is 11.3. The molecule has 0 aliphatic carbocycles. The van der Waals surface area contributed by atoms with Crippen LogP contribution >= 0.6 is 0 Å². The first-order valence-corrected chi connectivity index (χ1v) is 6.18. The summed E-state index contributed by atoms with van der Waals surface area (Å²) in [6, 6.07) is 5.91. The zero-order chi connectivity index (χ0) is 14.5. The van der Waals surface area contributed by atoms with Gasteiger partial charge in [-0.3, -0.25) is 4.68 Å². The van der Waals surface area contributed by atoms with Crippen LogP contribution in [0.15, 0.2) is 30.5 Å². The average Bonchev–Trinajstić information content (AvgIpc) is 2.83. The highest BCUT2D eigenvalue weighted by Crippen LogP contribution is 2.17. The van der Waals surface area contributed by atoms with E-state index in [1.807, 2.05) is 0 Å². The van der Waals surface area contributed by atoms with Crippen LogP contribution in [-0.2, 0) is 18.4 Å². The van der Waals surface area contributed by atoms with Gasteiger partial charge in [0.05, 0.1) is 12.2 Å². The lowest BCUT2D eigenvalue weighted by molar-refractivity contribution is 0.0522. The third kappa shape index (κ3) is 3.14. The van der Waals surface area contributed by atoms with Crippen molar-refractivity contribution < 1.29 is 18.7 Å². The minimum atomic E-state index is -0.563. The highest BCUT2D eigenvalue weighted by atomic mass is 19.1. The van der Waals surface area contributed by atoms with Gasteiger partial charge in [-0.15, -0.1) is 5.10 Å². The number of carbonyl (C=O) groups excluding carboxylic acids is 1. The Balaban J connectivity index is 2.19. The minimum absolute atomic E-state index is 0.0855. The predicted molar refractivity (Wildman–Crippen MR) is 69.9 cm³/mol. The Kier molecular flexibility index (Phi) is 4.34. The molecule has 0 unspecified atom stereocenters. The lowest BCUT2D eigenvalue weighted by atomic mass is 10.1. The van der Waals surface area contributed by atoms with Crippen molar-refractivity contribution in [2.24, 2.45) is 7.05 Å². The Bertz CT molecular complexity index is 610. The van der Waals surface area contributed by atoms with Crippen LogP contribution in [0.3, 0.4) is 0 Å². The number of benzene rings is 1. The molecule has 5 nitrogen and oxygen atoms in total. The normalized spacial score (nSPS) is 10.3. The van der Waals surface area contributed by atoms with E-state index in [9.17, 15) is 9.18 Å². The lowest BCUT2D eigenvalue weighted by Gasteiger charge is -2.10. The molecule has 0 amide bonds. The maximum absolute atomic E-state index is 13.8. The molecule has 1 heterocycles. The van der Waals surface area contributed by atoms with E-state index in [2.05, 4.69) is 5.10 Å². The van der Waals surface area contributed by atoms with Crippen LogP contribution < -0.4 is 4.74 Å². The molecular formula is C14H15FN2O3. The smallest absolute Gasteiger partial charge is 0.338 e. The molecular weight excluding hydrogens is 263 g/mol. The molecule has 0 bridgehead atoms. The molecule has 0 spiro atoms. The van der Waals surface area contributed by atoms with Crippen molar-refractivity contribution in [3.8, 4) is 5.88 Å². The van der Waals surface area contributed by atoms with E-state index in [0.29, 0.717) is 5.88 Å². The van der Waals surface area contributed by atoms with Crippen molar-refractivity contribution in [1.29, 1.82) is 0 Å². The fraction of sp³-hybridized carbons (Fsp3) is 0.286. The fourth-order valence-electron chi connectivity index (χ4n) is 1.72. The number of hydrogen-bond acceptors (Lipinski definition) is 4. The van der Waals surface area contributed by atoms with Crippen molar-refractivity contribution in [2.75, 3.05) is 6.61 Å². The summed E-state index contributed by atoms with van der Waals surface area (Å²) >= 11 is 0. The molecule has 0 saturated carbocycles. The quantitative estimate of drug-likeness (QED) is 0.788. The maximum atomic E-state index is 13.8. The predicted octanol–water partition coefficient (Wildman–Crippen LogP) is 2.31. The van der Waals surface area contributed by atoms with E-state index in [0.717, 1.165) is 0 Å². The van der Waals surface area contributed by atoms with E-state index < -0.39 is 11.8 Å². The van der Waals surface area contributed by atoms with Gasteiger partial charge in [-0.2, -0.15) is 0 Å². The Morgan fingerprint density at radius 2 is 2.20 bits per heavy atom. The van der Waals surface area contributed by atoms with E-state index in [-0.39, 0.29) is 24.3 Å². The third-order valence-corrected chi connectivity index (χ3v) is 2.67. The second kappa shape index (κ2) is 6.18. The molecule has 106 valence electrons. The topological polar surface area (TPSA) is 53.4 Å². The van der Waals surface area contributed by atoms with E-state index in [1.54, 1.807) is 30.9 Å². The molecule has 6 heteroatoms. The molecule has 0 aliphatic rings. The molecule has 1 aromatic carbocycles. The van der Waals surface area contributed by atoms with Gasteiger partial charge >= 0.3 is 5.97 Å². The first-order chi connectivity index (χ1) is 9.61. The molecule has 0 fully saturated rings. The molecule has 20 heavy (non-hydrogen) atoms. The van der Waals surface area contributed by atoms with Gasteiger partial charge in [-0.1, -0.05) is 6.07 Å². The second-order valence-corrected chi connectivity index (χ2v) is 4.10. The summed E-state index contributed by atoms with van der Waals surface area (Å²) in [7, 11) is 1.75. The summed E-state index contributed by atoms with van der Waals surface area (Å²) in [6.45, 7) is 1.84. The van der Waals surface area contributed by atoms with Crippen LogP contribution in [0.1, 0.15) is 22.8 Å². The first kappa shape index (κ1) is 14.0. The van der Waals surface area contributed by atoms with Gasteiger partial charge in [0.15, 0.2) is 0 Å². The van der Waals surface area contributed by atoms with Gasteiger partial charge in [0.25, 0.3) is 0 Å². The summed E-state index contributed by atoms with van der Waals surface area (Å²) in [5.41, 5.74) is 0.333. The number of nitrogens with zero attached hydrogens (tertiary/aromatic N) is 2. The largest absolute Gasteiger partial charge is 0.472 e. The van der Waals surface area contributed by atoms with Crippen molar-refractivity contribution in [2.45, 2.75) is 13.5 Å². The fourth-order valence-corrected chi connectivity index (χ4v) is 1.72. The number of ether oxygens (including phenoxy) is 2. The summed E-state index contributed by atoms with van der Waals surface area (Å²) in [5, 5.41) is 4.02. The molecule has 2 aromatic rings. The van der Waals surface area contributed by atoms with Crippen LogP contribution in [0.25, 0.3) is 0 Å². The third-order valence-electron chi connectivity index (χ3n) is 2.67. The monoisotopic (exact) mass is 278 g/mol. The summed E-state index contributed by atoms with van der Waals surface area (Å²) in [5.74, 6) is -0.705. The molecule has 1 aromatic heterocycles. The van der Waals surface area contributed by atoms with Gasteiger partial charge in [-0.25, -0.2) is 9.18 Å². The molecule has 0 atom stereocenters. The lowest BCUT2D eigenvalue weighted by Crippen LogP contribution is -2.11. The highest BCUT2D eigenvalue weighted by molar-refractivity contribution is 5.91. The number of aromatic nitrogens is 2. The number of esters is 1. The molecule has 0 radical (unpaired) electrons. The van der Waals surface area contributed by atoms with Gasteiger partial charge in [0, 0.05) is 24.9 Å². The van der Waals surface area contributed by atoms with Crippen molar-refractivity contribution in [3.63, 3.8) is 0 Å². The van der Waals surface area contributed by atoms with Crippen LogP contribution in [0, 0.1) is 5.82 Å². The van der Waals surface area contributed by atoms with Gasteiger partial charge in [0.1, 0.15) is 12.4 Å². The molecule has 0 aliphatic heterocycles. The van der Waals surface area contributed by atoms with Crippen molar-refractivity contribution in [3.05, 3.63) is 47.4 Å². The standard InChI is InChI=1S/C14H15FN2O3/c1-3-19-14(18)10-5-4-6-12(15)11(10)9-20-13-7-8-17(2)16-13/h4-8H,3,9H2,1-2H3. The molecule has 0 saturated heterocycles. The van der Waals surface area contributed by atoms with Gasteiger partial charge < -0.3 is 9.47 Å². The Morgan fingerprint density at radius 3 is 2.85 bits per heavy atom. The van der Waals surface area contributed by atoms with Crippen LogP contribution in [0.2, 0.25) is 0 Å². The second-order valence-electron chi connectivity index (χ2n) is 4.10. The van der Waals surface area contributed by atoms with E-state index in [4.69, 9.17) is 9.47 Å². The van der Waals surface area contributed by atoms with Crippen molar-refractivity contribution in [1.82, 2.24) is 9.78 Å². The number of carbonyl (C=O) groups is 1. The average molecular weight is 278 g/mol. The van der Waals surface area contributed by atoms with Gasteiger partial charge in [0.2, 0.25) is 5.88 Å². The first-order valence-electron chi connectivity index (χ1n) is 6.18. The number of aryl methyl sites for hydroxylation is 1. The number of rotatable bonds is 5. The molecule has 0 N–H and O–H groups in total. The molecule has 2 rings (SSSR count). The van der Waals surface area contributed by atoms with Crippen molar-refractivity contribution >= 4 is 5.97 Å². The summed E-state index contributed by atoms with van der Waals surface area (Å²) in [4.78, 5) is 11.8. The SMILES string of the molecule is CCOC(=O)c1cccc(F)c1COc1ccn(C)n1. The van der Waals surface area contributed by atoms with Crippen LogP contribution in [-0.4, -0.2) is 22.4 Å². The van der Waals surface area contributed by atoms with Crippen LogP contribution in [0.4, 0.5) is 4.39 Å². The minimum Gasteiger partial charge on any atom is -0.472 e. The zero-order valence-corrected chi connectivity index (χ0v) is 11.3. The van der Waals surface area contributed by atoms with Crippen LogP contribution in [0.5, 0.6) is 5.88 Å². The number of hydrogen-bond donors (Lipinski definition) is 0. The number of halogens is 1. The summed E-state index contributed by atoms with van der Waals surface area (Å²) in [6.07, 6.45) is 1.71. The Hall–Kier alpha value is -2.37. The maximum Gasteiger partial charge on any atom is 0.338 e. The van der Waals surface area contributed by atoms with Gasteiger partial charge in [-0.05, 0) is 19.1 Å². The highest BCUT2D eigenvalue weighted by Gasteiger charge is 2.16.